The van der Waals surface area contributed by atoms with E-state index < -0.39 is 0 Å². The molecule has 4 heteroatoms. The number of thiazole rings is 1. The van der Waals surface area contributed by atoms with Gasteiger partial charge in [0.1, 0.15) is 11.8 Å². The second kappa shape index (κ2) is 5.65. The highest BCUT2D eigenvalue weighted by Crippen LogP contribution is 2.32. The number of nitrogens with one attached hydrogen (secondary N) is 1. The van der Waals surface area contributed by atoms with Crippen LogP contribution in [0.3, 0.4) is 0 Å². The van der Waals surface area contributed by atoms with Crippen molar-refractivity contribution in [1.29, 1.82) is 0 Å². The van der Waals surface area contributed by atoms with Crippen LogP contribution in [-0.2, 0) is 4.74 Å². The summed E-state index contributed by atoms with van der Waals surface area (Å²) in [6, 6.07) is 0.198. The van der Waals surface area contributed by atoms with Gasteiger partial charge in [-0.05, 0) is 32.9 Å². The average Bonchev–Trinajstić information content (AvgIpc) is 2.90. The van der Waals surface area contributed by atoms with E-state index in [1.807, 2.05) is 0 Å². The molecule has 3 nitrogen and oxygen atoms in total. The van der Waals surface area contributed by atoms with Gasteiger partial charge in [0, 0.05) is 6.42 Å². The Hall–Kier alpha value is -0.870. The molecule has 1 aliphatic rings. The molecule has 1 unspecified atom stereocenters. The first-order chi connectivity index (χ1) is 8.22. The standard InChI is InChI=1S/C13H20N2OS/c1-4-7-14-12(11-6-5-8-16-11)13-9(2)15-10(3)17-13/h6,12,14H,4-5,7-8H2,1-3H3. The molecule has 0 saturated heterocycles. The lowest BCUT2D eigenvalue weighted by Crippen LogP contribution is -2.24. The maximum atomic E-state index is 5.71. The maximum absolute atomic E-state index is 5.71. The van der Waals surface area contributed by atoms with Gasteiger partial charge in [0.2, 0.25) is 0 Å². The van der Waals surface area contributed by atoms with Crippen molar-refractivity contribution in [3.63, 3.8) is 0 Å². The molecule has 2 heterocycles. The molecular weight excluding hydrogens is 232 g/mol. The summed E-state index contributed by atoms with van der Waals surface area (Å²) < 4.78 is 5.71. The minimum Gasteiger partial charge on any atom is -0.496 e. The predicted octanol–water partition coefficient (Wildman–Crippen LogP) is 3.10. The SMILES string of the molecule is CCCNC(C1=CCCO1)c1sc(C)nc1C. The van der Waals surface area contributed by atoms with Crippen LogP contribution in [0.4, 0.5) is 0 Å². The van der Waals surface area contributed by atoms with E-state index in [1.165, 1.54) is 4.88 Å². The van der Waals surface area contributed by atoms with Crippen LogP contribution in [0.25, 0.3) is 0 Å². The van der Waals surface area contributed by atoms with Crippen molar-refractivity contribution < 1.29 is 4.74 Å². The van der Waals surface area contributed by atoms with Gasteiger partial charge < -0.3 is 10.1 Å². The zero-order valence-corrected chi connectivity index (χ0v) is 11.6. The Kier molecular flexibility index (Phi) is 4.18. The van der Waals surface area contributed by atoms with Gasteiger partial charge in [-0.1, -0.05) is 6.92 Å². The summed E-state index contributed by atoms with van der Waals surface area (Å²) in [7, 11) is 0. The minimum atomic E-state index is 0.198. The summed E-state index contributed by atoms with van der Waals surface area (Å²) in [4.78, 5) is 5.80. The van der Waals surface area contributed by atoms with E-state index in [2.05, 4.69) is 37.1 Å². The highest BCUT2D eigenvalue weighted by molar-refractivity contribution is 7.11. The lowest BCUT2D eigenvalue weighted by atomic mass is 10.1. The number of hydrogen-bond donors (Lipinski definition) is 1. The molecule has 1 aromatic heterocycles. The lowest BCUT2D eigenvalue weighted by Gasteiger charge is -2.18. The Morgan fingerprint density at radius 3 is 2.88 bits per heavy atom. The molecule has 0 fully saturated rings. The van der Waals surface area contributed by atoms with Crippen molar-refractivity contribution in [2.75, 3.05) is 13.2 Å². The van der Waals surface area contributed by atoms with Crippen molar-refractivity contribution in [2.45, 2.75) is 39.7 Å². The molecule has 0 saturated carbocycles. The van der Waals surface area contributed by atoms with Crippen LogP contribution in [0.15, 0.2) is 11.8 Å². The van der Waals surface area contributed by atoms with E-state index in [0.29, 0.717) is 0 Å². The molecule has 1 N–H and O–H groups in total. The Morgan fingerprint density at radius 1 is 1.53 bits per heavy atom. The fraction of sp³-hybridized carbons (Fsp3) is 0.615. The molecule has 0 bridgehead atoms. The van der Waals surface area contributed by atoms with Crippen molar-refractivity contribution in [1.82, 2.24) is 10.3 Å². The van der Waals surface area contributed by atoms with Gasteiger partial charge in [0.15, 0.2) is 0 Å². The van der Waals surface area contributed by atoms with E-state index in [4.69, 9.17) is 4.74 Å². The smallest absolute Gasteiger partial charge is 0.114 e. The third kappa shape index (κ3) is 2.87. The maximum Gasteiger partial charge on any atom is 0.114 e. The normalized spacial score (nSPS) is 16.8. The lowest BCUT2D eigenvalue weighted by molar-refractivity contribution is 0.216. The summed E-state index contributed by atoms with van der Waals surface area (Å²) >= 11 is 1.77. The fourth-order valence-electron chi connectivity index (χ4n) is 2.06. The van der Waals surface area contributed by atoms with Crippen LogP contribution in [0.2, 0.25) is 0 Å². The van der Waals surface area contributed by atoms with Gasteiger partial charge in [-0.2, -0.15) is 0 Å². The van der Waals surface area contributed by atoms with Crippen molar-refractivity contribution >= 4 is 11.3 Å². The molecule has 0 amide bonds. The second-order valence-electron chi connectivity index (χ2n) is 4.31. The molecule has 2 rings (SSSR count). The molecule has 94 valence electrons. The highest BCUT2D eigenvalue weighted by atomic mass is 32.1. The third-order valence-electron chi connectivity index (χ3n) is 2.82. The van der Waals surface area contributed by atoms with Crippen LogP contribution in [0.1, 0.15) is 41.4 Å². The van der Waals surface area contributed by atoms with Crippen LogP contribution < -0.4 is 5.32 Å². The first kappa shape index (κ1) is 12.6. The molecule has 1 atom stereocenters. The quantitative estimate of drug-likeness (QED) is 0.874. The molecule has 1 aromatic rings. The minimum absolute atomic E-state index is 0.198. The largest absolute Gasteiger partial charge is 0.496 e. The van der Waals surface area contributed by atoms with E-state index in [9.17, 15) is 0 Å². The van der Waals surface area contributed by atoms with E-state index in [-0.39, 0.29) is 6.04 Å². The zero-order valence-electron chi connectivity index (χ0n) is 10.7. The van der Waals surface area contributed by atoms with Crippen LogP contribution in [-0.4, -0.2) is 18.1 Å². The molecule has 0 spiro atoms. The number of nitrogens with zero attached hydrogens (tertiary/aromatic N) is 1. The molecular formula is C13H20N2OS. The Morgan fingerprint density at radius 2 is 2.35 bits per heavy atom. The molecule has 0 aliphatic carbocycles. The van der Waals surface area contributed by atoms with E-state index in [0.717, 1.165) is 42.5 Å². The Bertz CT molecular complexity index is 412. The van der Waals surface area contributed by atoms with Gasteiger partial charge in [0.05, 0.1) is 22.2 Å². The number of ether oxygens (including phenoxy) is 1. The molecule has 17 heavy (non-hydrogen) atoms. The highest BCUT2D eigenvalue weighted by Gasteiger charge is 2.24. The summed E-state index contributed by atoms with van der Waals surface area (Å²) in [6.07, 6.45) is 4.35. The van der Waals surface area contributed by atoms with E-state index >= 15 is 0 Å². The van der Waals surface area contributed by atoms with Gasteiger partial charge in [0.25, 0.3) is 0 Å². The fourth-order valence-corrected chi connectivity index (χ4v) is 3.08. The zero-order chi connectivity index (χ0) is 12.3. The molecule has 1 aliphatic heterocycles. The number of aryl methyl sites for hydroxylation is 2. The summed E-state index contributed by atoms with van der Waals surface area (Å²) in [5.41, 5.74) is 1.12. The Labute approximate surface area is 107 Å². The number of rotatable bonds is 5. The van der Waals surface area contributed by atoms with Crippen molar-refractivity contribution in [3.8, 4) is 0 Å². The predicted molar refractivity (Wildman–Crippen MR) is 71.3 cm³/mol. The van der Waals surface area contributed by atoms with Crippen molar-refractivity contribution in [2.24, 2.45) is 0 Å². The molecule has 0 radical (unpaired) electrons. The Balaban J connectivity index is 2.22. The van der Waals surface area contributed by atoms with Crippen LogP contribution >= 0.6 is 11.3 Å². The second-order valence-corrected chi connectivity index (χ2v) is 5.55. The van der Waals surface area contributed by atoms with Gasteiger partial charge in [-0.3, -0.25) is 0 Å². The summed E-state index contributed by atoms with van der Waals surface area (Å²) in [5, 5.41) is 4.68. The van der Waals surface area contributed by atoms with Gasteiger partial charge in [-0.15, -0.1) is 11.3 Å². The molecule has 0 aromatic carbocycles. The summed E-state index contributed by atoms with van der Waals surface area (Å²) in [5.74, 6) is 1.07. The summed E-state index contributed by atoms with van der Waals surface area (Å²) in [6.45, 7) is 8.13. The third-order valence-corrected chi connectivity index (χ3v) is 3.95. The van der Waals surface area contributed by atoms with Crippen molar-refractivity contribution in [3.05, 3.63) is 27.4 Å². The van der Waals surface area contributed by atoms with Gasteiger partial charge >= 0.3 is 0 Å². The number of aromatic nitrogens is 1. The first-order valence-electron chi connectivity index (χ1n) is 6.22. The van der Waals surface area contributed by atoms with E-state index in [1.54, 1.807) is 11.3 Å². The topological polar surface area (TPSA) is 34.1 Å². The number of hydrogen-bond acceptors (Lipinski definition) is 4. The van der Waals surface area contributed by atoms with Gasteiger partial charge in [-0.25, -0.2) is 4.98 Å². The van der Waals surface area contributed by atoms with Crippen LogP contribution in [0.5, 0.6) is 0 Å². The monoisotopic (exact) mass is 252 g/mol. The average molecular weight is 252 g/mol. The van der Waals surface area contributed by atoms with Crippen LogP contribution in [0, 0.1) is 13.8 Å². The first-order valence-corrected chi connectivity index (χ1v) is 7.04.